The first-order chi connectivity index (χ1) is 3.41. The van der Waals surface area contributed by atoms with Crippen LogP contribution >= 0.6 is 50.9 Å². The third kappa shape index (κ3) is 34.3. The standard InChI is InChI=1S/C7H16.B.3BrH/c1-3-5-7-6-4-2;;;;/h3-7H2,1-2H3;;3*1H. The Kier molecular flexibility index (Phi) is 80.2. The average molecular weight is 354 g/mol. The van der Waals surface area contributed by atoms with Gasteiger partial charge >= 0.3 is 0 Å². The predicted molar refractivity (Wildman–Crippen MR) is 71.2 cm³/mol. The van der Waals surface area contributed by atoms with Crippen molar-refractivity contribution in [2.75, 3.05) is 0 Å². The summed E-state index contributed by atoms with van der Waals surface area (Å²) in [5.74, 6) is 0. The predicted octanol–water partition coefficient (Wildman–Crippen LogP) is 4.33. The van der Waals surface area contributed by atoms with Crippen LogP contribution in [0.1, 0.15) is 46.0 Å². The van der Waals surface area contributed by atoms with Crippen LogP contribution in [0.5, 0.6) is 0 Å². The van der Waals surface area contributed by atoms with Gasteiger partial charge in [0, 0.05) is 8.41 Å². The maximum Gasteiger partial charge on any atom is 0 e. The molecule has 0 bridgehead atoms. The molecule has 0 aromatic rings. The molecule has 0 heterocycles. The first kappa shape index (κ1) is 29.4. The van der Waals surface area contributed by atoms with E-state index in [1.807, 2.05) is 0 Å². The molecule has 0 nitrogen and oxygen atoms in total. The minimum atomic E-state index is 0. The molecule has 0 spiro atoms. The largest absolute Gasteiger partial charge is 0.114 e. The topological polar surface area (TPSA) is 0 Å². The van der Waals surface area contributed by atoms with E-state index in [4.69, 9.17) is 0 Å². The van der Waals surface area contributed by atoms with Crippen LogP contribution in [0, 0.1) is 0 Å². The van der Waals surface area contributed by atoms with Gasteiger partial charge in [0.2, 0.25) is 0 Å². The van der Waals surface area contributed by atoms with Crippen LogP contribution in [-0.2, 0) is 0 Å². The summed E-state index contributed by atoms with van der Waals surface area (Å²) in [6, 6.07) is 0. The van der Waals surface area contributed by atoms with Gasteiger partial charge in [-0.25, -0.2) is 0 Å². The van der Waals surface area contributed by atoms with Crippen molar-refractivity contribution in [2.45, 2.75) is 46.0 Å². The number of unbranched alkanes of at least 4 members (excludes halogenated alkanes) is 4. The van der Waals surface area contributed by atoms with Gasteiger partial charge in [0.25, 0.3) is 0 Å². The van der Waals surface area contributed by atoms with E-state index >= 15 is 0 Å². The van der Waals surface area contributed by atoms with E-state index in [2.05, 4.69) is 13.8 Å². The number of hydrogen-bond donors (Lipinski definition) is 0. The Morgan fingerprint density at radius 3 is 1.09 bits per heavy atom. The van der Waals surface area contributed by atoms with Crippen molar-refractivity contribution in [2.24, 2.45) is 0 Å². The summed E-state index contributed by atoms with van der Waals surface area (Å²) in [6.45, 7) is 4.49. The van der Waals surface area contributed by atoms with Gasteiger partial charge in [-0.2, -0.15) is 0 Å². The number of hydrogen-bond acceptors (Lipinski definition) is 0. The Hall–Kier alpha value is 1.50. The van der Waals surface area contributed by atoms with Crippen molar-refractivity contribution in [1.29, 1.82) is 0 Å². The van der Waals surface area contributed by atoms with Crippen LogP contribution in [0.4, 0.5) is 0 Å². The molecular formula is C7H19BBr3. The molecule has 0 rings (SSSR count). The molecule has 0 aliphatic carbocycles. The second-order valence-corrected chi connectivity index (χ2v) is 2.06. The van der Waals surface area contributed by atoms with Gasteiger partial charge in [0.05, 0.1) is 0 Å². The van der Waals surface area contributed by atoms with E-state index in [1.54, 1.807) is 0 Å². The minimum Gasteiger partial charge on any atom is -0.114 e. The maximum atomic E-state index is 2.25. The van der Waals surface area contributed by atoms with Crippen LogP contribution in [0.25, 0.3) is 0 Å². The van der Waals surface area contributed by atoms with Gasteiger partial charge in [0.15, 0.2) is 0 Å². The highest BCUT2D eigenvalue weighted by Gasteiger charge is 1.80. The molecule has 0 aromatic heterocycles. The van der Waals surface area contributed by atoms with Gasteiger partial charge < -0.3 is 0 Å². The summed E-state index contributed by atoms with van der Waals surface area (Å²) < 4.78 is 0. The third-order valence-corrected chi connectivity index (χ3v) is 1.21. The first-order valence-electron chi connectivity index (χ1n) is 3.41. The van der Waals surface area contributed by atoms with Gasteiger partial charge in [-0.05, 0) is 0 Å². The SMILES string of the molecule is Br.Br.Br.CCCCCCC.[B]. The van der Waals surface area contributed by atoms with Crippen LogP contribution < -0.4 is 0 Å². The zero-order chi connectivity index (χ0) is 5.54. The molecule has 3 radical (unpaired) electrons. The molecule has 4 heteroatoms. The summed E-state index contributed by atoms with van der Waals surface area (Å²) in [5.41, 5.74) is 0. The molecule has 0 aromatic carbocycles. The minimum absolute atomic E-state index is 0. The van der Waals surface area contributed by atoms with Crippen molar-refractivity contribution in [1.82, 2.24) is 0 Å². The lowest BCUT2D eigenvalue weighted by molar-refractivity contribution is 0.656. The van der Waals surface area contributed by atoms with Crippen molar-refractivity contribution in [3.05, 3.63) is 0 Å². The zero-order valence-corrected chi connectivity index (χ0v) is 12.5. The van der Waals surface area contributed by atoms with Gasteiger partial charge in [-0.3, -0.25) is 0 Å². The Morgan fingerprint density at radius 1 is 0.636 bits per heavy atom. The van der Waals surface area contributed by atoms with Crippen molar-refractivity contribution < 1.29 is 0 Å². The lowest BCUT2D eigenvalue weighted by Gasteiger charge is -1.90. The highest BCUT2D eigenvalue weighted by molar-refractivity contribution is 8.93. The fraction of sp³-hybridized carbons (Fsp3) is 1.00. The number of rotatable bonds is 4. The number of halogens is 3. The highest BCUT2D eigenvalue weighted by atomic mass is 79.9. The Labute approximate surface area is 105 Å². The summed E-state index contributed by atoms with van der Waals surface area (Å²) in [4.78, 5) is 0. The van der Waals surface area contributed by atoms with E-state index < -0.39 is 0 Å². The second-order valence-electron chi connectivity index (χ2n) is 2.06. The van der Waals surface area contributed by atoms with Gasteiger partial charge in [-0.15, -0.1) is 50.9 Å². The van der Waals surface area contributed by atoms with Crippen molar-refractivity contribution in [3.8, 4) is 0 Å². The molecule has 0 aliphatic heterocycles. The molecule has 71 valence electrons. The van der Waals surface area contributed by atoms with Gasteiger partial charge in [-0.1, -0.05) is 46.0 Å². The molecule has 0 amide bonds. The molecule has 0 saturated carbocycles. The second kappa shape index (κ2) is 30.0. The molecule has 0 atom stereocenters. The lowest BCUT2D eigenvalue weighted by Crippen LogP contribution is -1.70. The van der Waals surface area contributed by atoms with Crippen LogP contribution in [0.3, 0.4) is 0 Å². The first-order valence-corrected chi connectivity index (χ1v) is 3.41. The molecule has 0 aliphatic rings. The van der Waals surface area contributed by atoms with Gasteiger partial charge in [0.1, 0.15) is 0 Å². The Bertz CT molecular complexity index is 32.9. The van der Waals surface area contributed by atoms with E-state index in [1.165, 1.54) is 32.1 Å². The fourth-order valence-corrected chi connectivity index (χ4v) is 0.677. The molecule has 0 N–H and O–H groups in total. The van der Waals surface area contributed by atoms with E-state index in [0.29, 0.717) is 0 Å². The molecule has 0 fully saturated rings. The molecule has 11 heavy (non-hydrogen) atoms. The average Bonchev–Trinajstić information content (AvgIpc) is 1.69. The van der Waals surface area contributed by atoms with E-state index in [0.717, 1.165) is 0 Å². The maximum absolute atomic E-state index is 2.25. The smallest absolute Gasteiger partial charge is 0 e. The van der Waals surface area contributed by atoms with Crippen LogP contribution in [0.15, 0.2) is 0 Å². The summed E-state index contributed by atoms with van der Waals surface area (Å²) >= 11 is 0. The summed E-state index contributed by atoms with van der Waals surface area (Å²) in [6.07, 6.45) is 7.01. The van der Waals surface area contributed by atoms with E-state index in [9.17, 15) is 0 Å². The van der Waals surface area contributed by atoms with Crippen molar-refractivity contribution in [3.63, 3.8) is 0 Å². The fourth-order valence-electron chi connectivity index (χ4n) is 0.677. The molecule has 0 unspecified atom stereocenters. The summed E-state index contributed by atoms with van der Waals surface area (Å²) in [5, 5.41) is 0. The van der Waals surface area contributed by atoms with E-state index in [-0.39, 0.29) is 59.4 Å². The Balaban J connectivity index is -0.0000000300. The Morgan fingerprint density at radius 2 is 0.909 bits per heavy atom. The molecule has 0 saturated heterocycles. The monoisotopic (exact) mass is 351 g/mol. The lowest BCUT2D eigenvalue weighted by atomic mass is 10.2. The highest BCUT2D eigenvalue weighted by Crippen LogP contribution is 2.00. The van der Waals surface area contributed by atoms with Crippen LogP contribution in [0.2, 0.25) is 0 Å². The third-order valence-electron chi connectivity index (χ3n) is 1.21. The van der Waals surface area contributed by atoms with Crippen molar-refractivity contribution >= 4 is 59.4 Å². The summed E-state index contributed by atoms with van der Waals surface area (Å²) in [7, 11) is 0. The molecular weight excluding hydrogens is 335 g/mol. The quantitative estimate of drug-likeness (QED) is 0.521. The zero-order valence-electron chi connectivity index (χ0n) is 7.34. The van der Waals surface area contributed by atoms with Crippen LogP contribution in [-0.4, -0.2) is 8.41 Å². The normalized spacial score (nSPS) is 6.00.